The van der Waals surface area contributed by atoms with Crippen molar-refractivity contribution in [2.45, 2.75) is 6.36 Å². The van der Waals surface area contributed by atoms with E-state index in [-0.39, 0.29) is 21.9 Å². The molecule has 0 aliphatic rings. The number of nitrogens with two attached hydrogens (primary N) is 1. The van der Waals surface area contributed by atoms with Gasteiger partial charge < -0.3 is 15.8 Å². The number of rotatable bonds is 3. The summed E-state index contributed by atoms with van der Waals surface area (Å²) in [6.45, 7) is 0. The second-order valence-electron chi connectivity index (χ2n) is 3.74. The van der Waals surface area contributed by atoms with Crippen LogP contribution in [0.15, 0.2) is 28.9 Å². The summed E-state index contributed by atoms with van der Waals surface area (Å²) in [6, 6.07) is 3.62. The number of alkyl halides is 3. The summed E-state index contributed by atoms with van der Waals surface area (Å²) in [5, 5.41) is 2.57. The third-order valence-electron chi connectivity index (χ3n) is 2.18. The number of nitrogens with one attached hydrogen (secondary N) is 1. The van der Waals surface area contributed by atoms with Crippen molar-refractivity contribution in [3.63, 3.8) is 0 Å². The van der Waals surface area contributed by atoms with Crippen LogP contribution in [0.3, 0.4) is 0 Å². The van der Waals surface area contributed by atoms with Crippen molar-refractivity contribution >= 4 is 33.4 Å². The van der Waals surface area contributed by atoms with Crippen molar-refractivity contribution in [2.75, 3.05) is 11.1 Å². The third-order valence-corrected chi connectivity index (χ3v) is 2.80. The molecule has 0 saturated carbocycles. The number of hydrogen-bond acceptors (Lipinski definition) is 5. The predicted octanol–water partition coefficient (Wildman–Crippen LogP) is 3.60. The molecule has 1 heterocycles. The zero-order valence-electron chi connectivity index (χ0n) is 10.1. The molecule has 0 unspecified atom stereocenters. The van der Waals surface area contributed by atoms with Crippen LogP contribution in [0.5, 0.6) is 5.75 Å². The molecule has 0 aliphatic carbocycles. The molecule has 0 radical (unpaired) electrons. The van der Waals surface area contributed by atoms with Gasteiger partial charge in [0, 0.05) is 5.69 Å². The van der Waals surface area contributed by atoms with Gasteiger partial charge in [0.1, 0.15) is 5.75 Å². The Morgan fingerprint density at radius 1 is 1.29 bits per heavy atom. The summed E-state index contributed by atoms with van der Waals surface area (Å²) in [7, 11) is 0. The highest BCUT2D eigenvalue weighted by molar-refractivity contribution is 9.10. The number of nitrogen functional groups attached to an aromatic ring is 1. The molecule has 0 saturated heterocycles. The minimum atomic E-state index is -4.80. The Labute approximate surface area is 124 Å². The fourth-order valence-electron chi connectivity index (χ4n) is 1.39. The molecular formula is C11H7BrF4N4O. The van der Waals surface area contributed by atoms with E-state index >= 15 is 0 Å². The smallest absolute Gasteiger partial charge is 0.405 e. The summed E-state index contributed by atoms with van der Waals surface area (Å²) < 4.78 is 53.6. The van der Waals surface area contributed by atoms with Crippen molar-refractivity contribution in [3.05, 3.63) is 34.7 Å². The van der Waals surface area contributed by atoms with Gasteiger partial charge in [0.15, 0.2) is 11.6 Å². The van der Waals surface area contributed by atoms with Gasteiger partial charge >= 0.3 is 6.36 Å². The van der Waals surface area contributed by atoms with Gasteiger partial charge in [-0.1, -0.05) is 0 Å². The first-order chi connectivity index (χ1) is 9.74. The standard InChI is InChI=1S/C11H7BrF4N4O/c12-6-3-5(1-2-8(6)21-11(14,15)16)19-9-7(13)4-18-10(17)20-9/h1-4H,(H3,17,18,19,20). The number of nitrogens with zero attached hydrogens (tertiary/aromatic N) is 2. The zero-order chi connectivity index (χ0) is 15.6. The molecule has 0 fully saturated rings. The molecule has 2 aromatic rings. The molecule has 2 rings (SSSR count). The zero-order valence-corrected chi connectivity index (χ0v) is 11.7. The van der Waals surface area contributed by atoms with Gasteiger partial charge in [-0.05, 0) is 34.1 Å². The van der Waals surface area contributed by atoms with Crippen molar-refractivity contribution in [1.29, 1.82) is 0 Å². The lowest BCUT2D eigenvalue weighted by atomic mass is 10.3. The molecule has 10 heteroatoms. The summed E-state index contributed by atoms with van der Waals surface area (Å²) in [5.74, 6) is -1.51. The van der Waals surface area contributed by atoms with E-state index < -0.39 is 17.9 Å². The van der Waals surface area contributed by atoms with E-state index in [2.05, 4.69) is 36.0 Å². The van der Waals surface area contributed by atoms with Gasteiger partial charge in [0.2, 0.25) is 5.95 Å². The van der Waals surface area contributed by atoms with Crippen LogP contribution in [-0.4, -0.2) is 16.3 Å². The average molecular weight is 367 g/mol. The fourth-order valence-corrected chi connectivity index (χ4v) is 1.85. The first-order valence-corrected chi connectivity index (χ1v) is 6.14. The molecule has 0 aliphatic heterocycles. The van der Waals surface area contributed by atoms with E-state index in [1.807, 2.05) is 0 Å². The molecule has 3 N–H and O–H groups in total. The van der Waals surface area contributed by atoms with Gasteiger partial charge in [0.05, 0.1) is 10.7 Å². The lowest BCUT2D eigenvalue weighted by Gasteiger charge is -2.12. The van der Waals surface area contributed by atoms with Crippen LogP contribution < -0.4 is 15.8 Å². The number of halogens is 5. The topological polar surface area (TPSA) is 73.1 Å². The van der Waals surface area contributed by atoms with E-state index in [1.54, 1.807) is 0 Å². The minimum Gasteiger partial charge on any atom is -0.405 e. The van der Waals surface area contributed by atoms with Crippen LogP contribution in [0.2, 0.25) is 0 Å². The van der Waals surface area contributed by atoms with Crippen LogP contribution in [-0.2, 0) is 0 Å². The molecule has 0 atom stereocenters. The van der Waals surface area contributed by atoms with Crippen molar-refractivity contribution in [3.8, 4) is 5.75 Å². The SMILES string of the molecule is Nc1ncc(F)c(Nc2ccc(OC(F)(F)F)c(Br)c2)n1. The highest BCUT2D eigenvalue weighted by atomic mass is 79.9. The maximum absolute atomic E-state index is 13.4. The predicted molar refractivity (Wildman–Crippen MR) is 70.5 cm³/mol. The normalized spacial score (nSPS) is 11.3. The Balaban J connectivity index is 2.22. The Bertz CT molecular complexity index is 665. The van der Waals surface area contributed by atoms with Crippen molar-refractivity contribution in [1.82, 2.24) is 9.97 Å². The van der Waals surface area contributed by atoms with Crippen LogP contribution in [0.4, 0.5) is 35.0 Å². The van der Waals surface area contributed by atoms with E-state index in [1.165, 1.54) is 12.1 Å². The average Bonchev–Trinajstić information content (AvgIpc) is 2.36. The van der Waals surface area contributed by atoms with Crippen LogP contribution in [0.1, 0.15) is 0 Å². The van der Waals surface area contributed by atoms with Gasteiger partial charge in [-0.25, -0.2) is 9.37 Å². The molecule has 0 spiro atoms. The number of ether oxygens (including phenoxy) is 1. The van der Waals surface area contributed by atoms with E-state index in [0.717, 1.165) is 12.3 Å². The Hall–Kier alpha value is -2.10. The molecule has 21 heavy (non-hydrogen) atoms. The Morgan fingerprint density at radius 2 is 2.00 bits per heavy atom. The highest BCUT2D eigenvalue weighted by Crippen LogP contribution is 2.33. The molecule has 112 valence electrons. The third kappa shape index (κ3) is 4.18. The number of benzene rings is 1. The Kier molecular flexibility index (Phi) is 4.16. The van der Waals surface area contributed by atoms with E-state index in [0.29, 0.717) is 0 Å². The quantitative estimate of drug-likeness (QED) is 0.812. The molecule has 0 amide bonds. The summed E-state index contributed by atoms with van der Waals surface area (Å²) in [6.07, 6.45) is -3.93. The van der Waals surface area contributed by atoms with Gasteiger partial charge in [-0.3, -0.25) is 0 Å². The molecular weight excluding hydrogens is 360 g/mol. The molecule has 1 aromatic carbocycles. The summed E-state index contributed by atoms with van der Waals surface area (Å²) in [4.78, 5) is 7.08. The maximum atomic E-state index is 13.4. The van der Waals surface area contributed by atoms with Gasteiger partial charge in [-0.15, -0.1) is 13.2 Å². The fraction of sp³-hybridized carbons (Fsp3) is 0.0909. The van der Waals surface area contributed by atoms with Gasteiger partial charge in [0.25, 0.3) is 0 Å². The summed E-state index contributed by atoms with van der Waals surface area (Å²) in [5.41, 5.74) is 5.61. The highest BCUT2D eigenvalue weighted by Gasteiger charge is 2.31. The molecule has 0 bridgehead atoms. The number of aromatic nitrogens is 2. The lowest BCUT2D eigenvalue weighted by molar-refractivity contribution is -0.274. The molecule has 5 nitrogen and oxygen atoms in total. The van der Waals surface area contributed by atoms with Crippen LogP contribution in [0, 0.1) is 5.82 Å². The summed E-state index contributed by atoms with van der Waals surface area (Å²) >= 11 is 2.93. The second kappa shape index (κ2) is 5.72. The van der Waals surface area contributed by atoms with Gasteiger partial charge in [-0.2, -0.15) is 4.98 Å². The van der Waals surface area contributed by atoms with Crippen molar-refractivity contribution < 1.29 is 22.3 Å². The first kappa shape index (κ1) is 15.3. The monoisotopic (exact) mass is 366 g/mol. The Morgan fingerprint density at radius 3 is 2.62 bits per heavy atom. The number of anilines is 3. The van der Waals surface area contributed by atoms with Crippen molar-refractivity contribution in [2.24, 2.45) is 0 Å². The maximum Gasteiger partial charge on any atom is 0.573 e. The first-order valence-electron chi connectivity index (χ1n) is 5.35. The lowest BCUT2D eigenvalue weighted by Crippen LogP contribution is -2.17. The molecule has 1 aromatic heterocycles. The van der Waals surface area contributed by atoms with Crippen LogP contribution in [0.25, 0.3) is 0 Å². The second-order valence-corrected chi connectivity index (χ2v) is 4.60. The van der Waals surface area contributed by atoms with E-state index in [9.17, 15) is 17.6 Å². The van der Waals surface area contributed by atoms with Crippen LogP contribution >= 0.6 is 15.9 Å². The number of hydrogen-bond donors (Lipinski definition) is 2. The van der Waals surface area contributed by atoms with E-state index in [4.69, 9.17) is 5.73 Å². The minimum absolute atomic E-state index is 0.0345. The largest absolute Gasteiger partial charge is 0.573 e.